The number of hydrogen-bond donors (Lipinski definition) is 1. The summed E-state index contributed by atoms with van der Waals surface area (Å²) in [5.74, 6) is 0.871. The van der Waals surface area contributed by atoms with Crippen molar-refractivity contribution in [2.24, 2.45) is 17.1 Å². The summed E-state index contributed by atoms with van der Waals surface area (Å²) in [7, 11) is 0. The second-order valence-electron chi connectivity index (χ2n) is 7.09. The van der Waals surface area contributed by atoms with Crippen LogP contribution in [0.25, 0.3) is 0 Å². The maximum Gasteiger partial charge on any atom is -0.00132 e. The average molecular weight is 274 g/mol. The number of nitrogens with two attached hydrogens (primary N) is 1. The Morgan fingerprint density at radius 3 is 2.40 bits per heavy atom. The topological polar surface area (TPSA) is 29.3 Å². The first-order chi connectivity index (χ1) is 9.59. The summed E-state index contributed by atoms with van der Waals surface area (Å²) < 4.78 is 0. The highest BCUT2D eigenvalue weighted by Crippen LogP contribution is 2.24. The quantitative estimate of drug-likeness (QED) is 0.862. The van der Waals surface area contributed by atoms with Crippen LogP contribution in [-0.2, 0) is 6.42 Å². The Morgan fingerprint density at radius 1 is 1.15 bits per heavy atom. The van der Waals surface area contributed by atoms with E-state index in [0.29, 0.717) is 5.41 Å². The molecule has 2 rings (SSSR count). The zero-order valence-corrected chi connectivity index (χ0v) is 13.1. The number of benzene rings is 1. The van der Waals surface area contributed by atoms with Crippen molar-refractivity contribution < 1.29 is 0 Å². The van der Waals surface area contributed by atoms with Crippen molar-refractivity contribution in [2.45, 2.75) is 39.5 Å². The van der Waals surface area contributed by atoms with Gasteiger partial charge in [0.1, 0.15) is 0 Å². The Bertz CT molecular complexity index is 378. The van der Waals surface area contributed by atoms with E-state index in [-0.39, 0.29) is 0 Å². The molecule has 1 aromatic rings. The van der Waals surface area contributed by atoms with Gasteiger partial charge in [0.05, 0.1) is 0 Å². The lowest BCUT2D eigenvalue weighted by atomic mass is 9.87. The summed E-state index contributed by atoms with van der Waals surface area (Å²) >= 11 is 0. The van der Waals surface area contributed by atoms with Gasteiger partial charge in [-0.25, -0.2) is 0 Å². The van der Waals surface area contributed by atoms with Crippen LogP contribution in [0, 0.1) is 11.3 Å². The summed E-state index contributed by atoms with van der Waals surface area (Å²) in [6.45, 7) is 9.07. The molecular formula is C18H30N2. The molecule has 0 radical (unpaired) electrons. The normalized spacial score (nSPS) is 18.4. The highest BCUT2D eigenvalue weighted by molar-refractivity contribution is 5.15. The number of nitrogens with zero attached hydrogens (tertiary/aromatic N) is 1. The predicted octanol–water partition coefficient (Wildman–Crippen LogP) is 3.32. The molecular weight excluding hydrogens is 244 g/mol. The molecule has 0 aliphatic carbocycles. The summed E-state index contributed by atoms with van der Waals surface area (Å²) in [6, 6.07) is 10.9. The van der Waals surface area contributed by atoms with Crippen LogP contribution in [-0.4, -0.2) is 31.1 Å². The SMILES string of the molecule is CC(C)(CN)CCN1CCC(Cc2ccccc2)CC1. The smallest absolute Gasteiger partial charge is 0.00132 e. The standard InChI is InChI=1S/C18H30N2/c1-18(2,15-19)10-13-20-11-8-17(9-12-20)14-16-6-4-3-5-7-16/h3-7,17H,8-15,19H2,1-2H3. The van der Waals surface area contributed by atoms with Gasteiger partial charge in [-0.1, -0.05) is 44.2 Å². The minimum atomic E-state index is 0.293. The van der Waals surface area contributed by atoms with Gasteiger partial charge < -0.3 is 10.6 Å². The fourth-order valence-electron chi connectivity index (χ4n) is 2.92. The van der Waals surface area contributed by atoms with E-state index in [0.717, 1.165) is 12.5 Å². The third-order valence-corrected chi connectivity index (χ3v) is 4.73. The van der Waals surface area contributed by atoms with Crippen molar-refractivity contribution in [1.82, 2.24) is 4.90 Å². The van der Waals surface area contributed by atoms with Gasteiger partial charge >= 0.3 is 0 Å². The maximum absolute atomic E-state index is 5.81. The second-order valence-corrected chi connectivity index (χ2v) is 7.09. The van der Waals surface area contributed by atoms with Crippen LogP contribution in [0.2, 0.25) is 0 Å². The lowest BCUT2D eigenvalue weighted by Crippen LogP contribution is -2.37. The monoisotopic (exact) mass is 274 g/mol. The van der Waals surface area contributed by atoms with E-state index < -0.39 is 0 Å². The summed E-state index contributed by atoms with van der Waals surface area (Å²) in [4.78, 5) is 2.62. The first-order valence-corrected chi connectivity index (χ1v) is 8.05. The lowest BCUT2D eigenvalue weighted by Gasteiger charge is -2.34. The van der Waals surface area contributed by atoms with Gasteiger partial charge in [0.25, 0.3) is 0 Å². The predicted molar refractivity (Wildman–Crippen MR) is 86.8 cm³/mol. The van der Waals surface area contributed by atoms with E-state index in [1.54, 1.807) is 0 Å². The molecule has 1 saturated heterocycles. The largest absolute Gasteiger partial charge is 0.330 e. The Morgan fingerprint density at radius 2 is 1.80 bits per heavy atom. The Kier molecular flexibility index (Phi) is 5.62. The molecule has 2 heteroatoms. The Balaban J connectivity index is 1.70. The molecule has 2 N–H and O–H groups in total. The van der Waals surface area contributed by atoms with E-state index in [2.05, 4.69) is 49.1 Å². The molecule has 1 aromatic carbocycles. The molecule has 0 unspecified atom stereocenters. The minimum absolute atomic E-state index is 0.293. The molecule has 0 atom stereocenters. The molecule has 20 heavy (non-hydrogen) atoms. The zero-order chi connectivity index (χ0) is 14.4. The highest BCUT2D eigenvalue weighted by atomic mass is 15.1. The number of likely N-dealkylation sites (tertiary alicyclic amines) is 1. The van der Waals surface area contributed by atoms with Crippen molar-refractivity contribution in [2.75, 3.05) is 26.2 Å². The fraction of sp³-hybridized carbons (Fsp3) is 0.667. The van der Waals surface area contributed by atoms with Crippen molar-refractivity contribution >= 4 is 0 Å². The molecule has 1 fully saturated rings. The van der Waals surface area contributed by atoms with E-state index >= 15 is 0 Å². The van der Waals surface area contributed by atoms with Crippen molar-refractivity contribution in [3.05, 3.63) is 35.9 Å². The number of piperidine rings is 1. The summed E-state index contributed by atoms with van der Waals surface area (Å²) in [5.41, 5.74) is 7.60. The van der Waals surface area contributed by atoms with Gasteiger partial charge in [0.15, 0.2) is 0 Å². The van der Waals surface area contributed by atoms with Crippen LogP contribution in [0.3, 0.4) is 0 Å². The third-order valence-electron chi connectivity index (χ3n) is 4.73. The van der Waals surface area contributed by atoms with E-state index in [4.69, 9.17) is 5.73 Å². The number of rotatable bonds is 6. The van der Waals surface area contributed by atoms with Gasteiger partial charge in [-0.15, -0.1) is 0 Å². The summed E-state index contributed by atoms with van der Waals surface area (Å²) in [6.07, 6.45) is 5.16. The highest BCUT2D eigenvalue weighted by Gasteiger charge is 2.22. The molecule has 0 amide bonds. The Labute approximate surface area is 124 Å². The molecule has 0 spiro atoms. The van der Waals surface area contributed by atoms with E-state index in [1.807, 2.05) is 0 Å². The molecule has 2 nitrogen and oxygen atoms in total. The molecule has 1 aliphatic heterocycles. The van der Waals surface area contributed by atoms with Crippen LogP contribution in [0.4, 0.5) is 0 Å². The minimum Gasteiger partial charge on any atom is -0.330 e. The molecule has 0 aromatic heterocycles. The van der Waals surface area contributed by atoms with Crippen molar-refractivity contribution in [3.8, 4) is 0 Å². The van der Waals surface area contributed by atoms with E-state index in [9.17, 15) is 0 Å². The van der Waals surface area contributed by atoms with Gasteiger partial charge in [-0.3, -0.25) is 0 Å². The van der Waals surface area contributed by atoms with Crippen LogP contribution in [0.15, 0.2) is 30.3 Å². The fourth-order valence-corrected chi connectivity index (χ4v) is 2.92. The molecule has 112 valence electrons. The average Bonchev–Trinajstić information content (AvgIpc) is 2.48. The van der Waals surface area contributed by atoms with Crippen LogP contribution in [0.1, 0.15) is 38.7 Å². The van der Waals surface area contributed by atoms with Gasteiger partial charge in [0, 0.05) is 0 Å². The van der Waals surface area contributed by atoms with E-state index in [1.165, 1.54) is 50.9 Å². The first kappa shape index (κ1) is 15.5. The van der Waals surface area contributed by atoms with Gasteiger partial charge in [0.2, 0.25) is 0 Å². The van der Waals surface area contributed by atoms with Crippen LogP contribution >= 0.6 is 0 Å². The zero-order valence-electron chi connectivity index (χ0n) is 13.1. The van der Waals surface area contributed by atoms with Crippen molar-refractivity contribution in [1.29, 1.82) is 0 Å². The first-order valence-electron chi connectivity index (χ1n) is 8.05. The Hall–Kier alpha value is -0.860. The second kappa shape index (κ2) is 7.24. The summed E-state index contributed by atoms with van der Waals surface area (Å²) in [5, 5.41) is 0. The number of hydrogen-bond acceptors (Lipinski definition) is 2. The molecule has 1 aliphatic rings. The van der Waals surface area contributed by atoms with Crippen molar-refractivity contribution in [3.63, 3.8) is 0 Å². The van der Waals surface area contributed by atoms with Gasteiger partial charge in [-0.2, -0.15) is 0 Å². The molecule has 0 bridgehead atoms. The molecule has 1 heterocycles. The van der Waals surface area contributed by atoms with Crippen LogP contribution in [0.5, 0.6) is 0 Å². The van der Waals surface area contributed by atoms with Crippen LogP contribution < -0.4 is 5.73 Å². The third kappa shape index (κ3) is 4.92. The van der Waals surface area contributed by atoms with Gasteiger partial charge in [-0.05, 0) is 68.8 Å². The maximum atomic E-state index is 5.81. The lowest BCUT2D eigenvalue weighted by molar-refractivity contribution is 0.160. The molecule has 0 saturated carbocycles.